The summed E-state index contributed by atoms with van der Waals surface area (Å²) < 4.78 is 2.06. The fraction of sp³-hybridized carbons (Fsp3) is 0.176. The lowest BCUT2D eigenvalue weighted by molar-refractivity contribution is -0.116. The molecule has 4 rings (SSSR count). The summed E-state index contributed by atoms with van der Waals surface area (Å²) in [6.07, 6.45) is 3.21. The summed E-state index contributed by atoms with van der Waals surface area (Å²) in [7, 11) is 0. The minimum absolute atomic E-state index is 0. The third kappa shape index (κ3) is 2.64. The van der Waals surface area contributed by atoms with Crippen LogP contribution in [0, 0.1) is 6.92 Å². The van der Waals surface area contributed by atoms with E-state index in [-0.39, 0.29) is 22.9 Å². The van der Waals surface area contributed by atoms with Gasteiger partial charge in [-0.15, -0.1) is 17.0 Å². The quantitative estimate of drug-likeness (QED) is 0.666. The summed E-state index contributed by atoms with van der Waals surface area (Å²) in [6.45, 7) is 2.05. The van der Waals surface area contributed by atoms with Crippen LogP contribution in [0.4, 0.5) is 5.69 Å². The Labute approximate surface area is 149 Å². The predicted molar refractivity (Wildman–Crippen MR) is 97.6 cm³/mol. The van der Waals surface area contributed by atoms with Gasteiger partial charge in [0.1, 0.15) is 5.65 Å². The number of amides is 1. The molecular weight excluding hydrogens is 378 g/mol. The first-order chi connectivity index (χ1) is 10.6. The molecule has 1 amide bonds. The van der Waals surface area contributed by atoms with E-state index in [0.29, 0.717) is 17.9 Å². The fourth-order valence-electron chi connectivity index (χ4n) is 2.98. The first-order valence-electron chi connectivity index (χ1n) is 7.20. The molecule has 0 bridgehead atoms. The van der Waals surface area contributed by atoms with E-state index in [1.54, 1.807) is 0 Å². The van der Waals surface area contributed by atoms with Crippen molar-refractivity contribution in [3.05, 3.63) is 52.8 Å². The molecule has 0 atom stereocenters. The molecule has 118 valence electrons. The second kappa shape index (κ2) is 5.98. The lowest BCUT2D eigenvalue weighted by Crippen LogP contribution is -2.19. The van der Waals surface area contributed by atoms with E-state index in [2.05, 4.69) is 15.8 Å². The third-order valence-electron chi connectivity index (χ3n) is 4.10. The molecule has 0 spiro atoms. The van der Waals surface area contributed by atoms with Crippen LogP contribution in [-0.2, 0) is 11.2 Å². The van der Waals surface area contributed by atoms with Crippen molar-refractivity contribution in [3.63, 3.8) is 0 Å². The van der Waals surface area contributed by atoms with E-state index >= 15 is 0 Å². The number of hydrogen-bond acceptors (Lipinski definition) is 2. The number of anilines is 1. The van der Waals surface area contributed by atoms with Crippen molar-refractivity contribution in [1.29, 1.82) is 0 Å². The molecule has 0 saturated heterocycles. The standard InChI is InChI=1S/C17H14ClN3O.BrH/c1-10-16(19-14-4-2-3-7-21(10)14)12-8-11-5-6-15(22)20-17(11)13(18)9-12;/h2-4,7-9H,5-6H2,1H3,(H,20,22);1H. The van der Waals surface area contributed by atoms with Gasteiger partial charge in [0.05, 0.1) is 16.4 Å². The summed E-state index contributed by atoms with van der Waals surface area (Å²) >= 11 is 6.36. The molecule has 0 fully saturated rings. The van der Waals surface area contributed by atoms with Crippen LogP contribution in [0.25, 0.3) is 16.9 Å². The summed E-state index contributed by atoms with van der Waals surface area (Å²) in [6, 6.07) is 9.90. The number of rotatable bonds is 1. The van der Waals surface area contributed by atoms with Crippen LogP contribution in [-0.4, -0.2) is 15.3 Å². The average Bonchev–Trinajstić information content (AvgIpc) is 2.85. The van der Waals surface area contributed by atoms with E-state index < -0.39 is 0 Å². The topological polar surface area (TPSA) is 46.4 Å². The first-order valence-corrected chi connectivity index (χ1v) is 7.57. The van der Waals surface area contributed by atoms with E-state index in [4.69, 9.17) is 16.6 Å². The molecule has 1 aromatic carbocycles. The van der Waals surface area contributed by atoms with E-state index in [0.717, 1.165) is 33.8 Å². The van der Waals surface area contributed by atoms with Gasteiger partial charge >= 0.3 is 0 Å². The summed E-state index contributed by atoms with van der Waals surface area (Å²) in [5, 5.41) is 3.42. The molecule has 1 aliphatic rings. The van der Waals surface area contributed by atoms with Crippen LogP contribution < -0.4 is 5.32 Å². The number of halogens is 2. The van der Waals surface area contributed by atoms with Crippen molar-refractivity contribution >= 4 is 45.8 Å². The van der Waals surface area contributed by atoms with E-state index in [1.165, 1.54) is 0 Å². The number of carbonyl (C=O) groups is 1. The Morgan fingerprint density at radius 2 is 2.09 bits per heavy atom. The van der Waals surface area contributed by atoms with Gasteiger partial charge < -0.3 is 9.72 Å². The lowest BCUT2D eigenvalue weighted by atomic mass is 9.98. The second-order valence-electron chi connectivity index (χ2n) is 5.52. The average molecular weight is 393 g/mol. The highest BCUT2D eigenvalue weighted by Gasteiger charge is 2.20. The molecule has 1 N–H and O–H groups in total. The summed E-state index contributed by atoms with van der Waals surface area (Å²) in [5.41, 5.74) is 5.71. The predicted octanol–water partition coefficient (Wildman–Crippen LogP) is 4.43. The molecule has 0 aliphatic carbocycles. The van der Waals surface area contributed by atoms with Gasteiger partial charge in [-0.25, -0.2) is 4.98 Å². The third-order valence-corrected chi connectivity index (χ3v) is 4.40. The largest absolute Gasteiger partial charge is 0.325 e. The molecule has 3 heterocycles. The number of imidazole rings is 1. The highest BCUT2D eigenvalue weighted by atomic mass is 79.9. The van der Waals surface area contributed by atoms with Crippen LogP contribution in [0.1, 0.15) is 17.7 Å². The molecule has 6 heteroatoms. The molecule has 0 radical (unpaired) electrons. The van der Waals surface area contributed by atoms with Gasteiger partial charge in [-0.1, -0.05) is 17.7 Å². The highest BCUT2D eigenvalue weighted by molar-refractivity contribution is 8.93. The van der Waals surface area contributed by atoms with Gasteiger partial charge in [-0.2, -0.15) is 0 Å². The Kier molecular flexibility index (Phi) is 4.17. The minimum Gasteiger partial charge on any atom is -0.325 e. The SMILES string of the molecule is Br.Cc1c(-c2cc(Cl)c3c(c2)CCC(=O)N3)nc2ccccn12. The molecular formula is C17H15BrClN3O. The van der Waals surface area contributed by atoms with E-state index in [9.17, 15) is 4.79 Å². The zero-order valence-electron chi connectivity index (χ0n) is 12.5. The minimum atomic E-state index is 0. The molecule has 0 saturated carbocycles. The van der Waals surface area contributed by atoms with Crippen molar-refractivity contribution < 1.29 is 4.79 Å². The molecule has 4 nitrogen and oxygen atoms in total. The molecule has 2 aromatic heterocycles. The number of carbonyl (C=O) groups excluding carboxylic acids is 1. The van der Waals surface area contributed by atoms with Crippen LogP contribution in [0.2, 0.25) is 5.02 Å². The number of hydrogen-bond donors (Lipinski definition) is 1. The molecule has 0 unspecified atom stereocenters. The summed E-state index contributed by atoms with van der Waals surface area (Å²) in [5.74, 6) is 0.0195. The maximum Gasteiger partial charge on any atom is 0.224 e. The van der Waals surface area contributed by atoms with Gasteiger partial charge in [0.2, 0.25) is 5.91 Å². The monoisotopic (exact) mass is 391 g/mol. The normalized spacial score (nSPS) is 13.4. The lowest BCUT2D eigenvalue weighted by Gasteiger charge is -2.19. The van der Waals surface area contributed by atoms with Gasteiger partial charge in [0.25, 0.3) is 0 Å². The Morgan fingerprint density at radius 3 is 2.87 bits per heavy atom. The maximum absolute atomic E-state index is 11.5. The first kappa shape index (κ1) is 16.0. The van der Waals surface area contributed by atoms with Crippen molar-refractivity contribution in [2.75, 3.05) is 5.32 Å². The van der Waals surface area contributed by atoms with Gasteiger partial charge in [-0.3, -0.25) is 4.79 Å². The number of pyridine rings is 1. The molecule has 3 aromatic rings. The van der Waals surface area contributed by atoms with E-state index in [1.807, 2.05) is 37.4 Å². The Bertz CT molecular complexity index is 920. The molecule has 23 heavy (non-hydrogen) atoms. The zero-order valence-corrected chi connectivity index (χ0v) is 14.9. The Balaban J connectivity index is 0.00000156. The van der Waals surface area contributed by atoms with Gasteiger partial charge in [-0.05, 0) is 43.2 Å². The number of aromatic nitrogens is 2. The molecule has 1 aliphatic heterocycles. The number of benzene rings is 1. The maximum atomic E-state index is 11.5. The van der Waals surface area contributed by atoms with Crippen LogP contribution in [0.5, 0.6) is 0 Å². The Hall–Kier alpha value is -1.85. The number of nitrogens with zero attached hydrogens (tertiary/aromatic N) is 2. The van der Waals surface area contributed by atoms with Crippen LogP contribution in [0.3, 0.4) is 0 Å². The number of aryl methyl sites for hydroxylation is 2. The van der Waals surface area contributed by atoms with Crippen LogP contribution in [0.15, 0.2) is 36.5 Å². The number of nitrogens with one attached hydrogen (secondary N) is 1. The zero-order chi connectivity index (χ0) is 15.3. The van der Waals surface area contributed by atoms with Gasteiger partial charge in [0.15, 0.2) is 0 Å². The van der Waals surface area contributed by atoms with Crippen molar-refractivity contribution in [2.45, 2.75) is 19.8 Å². The van der Waals surface area contributed by atoms with Crippen molar-refractivity contribution in [3.8, 4) is 11.3 Å². The van der Waals surface area contributed by atoms with Crippen molar-refractivity contribution in [1.82, 2.24) is 9.38 Å². The second-order valence-corrected chi connectivity index (χ2v) is 5.92. The smallest absolute Gasteiger partial charge is 0.224 e. The van der Waals surface area contributed by atoms with Gasteiger partial charge in [0, 0.05) is 23.9 Å². The summed E-state index contributed by atoms with van der Waals surface area (Å²) in [4.78, 5) is 16.2. The highest BCUT2D eigenvalue weighted by Crippen LogP contribution is 2.36. The van der Waals surface area contributed by atoms with Crippen molar-refractivity contribution in [2.24, 2.45) is 0 Å². The van der Waals surface area contributed by atoms with Crippen LogP contribution >= 0.6 is 28.6 Å². The fourth-order valence-corrected chi connectivity index (χ4v) is 3.27. The Morgan fingerprint density at radius 1 is 1.26 bits per heavy atom. The number of fused-ring (bicyclic) bond motifs is 2.